The van der Waals surface area contributed by atoms with Crippen LogP contribution in [0.3, 0.4) is 0 Å². The highest BCUT2D eigenvalue weighted by atomic mass is 15.2. The van der Waals surface area contributed by atoms with Gasteiger partial charge in [-0.3, -0.25) is 16.3 Å². The van der Waals surface area contributed by atoms with Crippen LogP contribution >= 0.6 is 0 Å². The second-order valence-electron chi connectivity index (χ2n) is 4.80. The van der Waals surface area contributed by atoms with Crippen molar-refractivity contribution < 1.29 is 0 Å². The fourth-order valence-electron chi connectivity index (χ4n) is 2.47. The molecule has 0 saturated heterocycles. The number of hydrazine groups is 1. The lowest BCUT2D eigenvalue weighted by Crippen LogP contribution is -2.32. The average molecular weight is 255 g/mol. The minimum absolute atomic E-state index is 0.0838. The third-order valence-corrected chi connectivity index (χ3v) is 3.54. The van der Waals surface area contributed by atoms with Crippen molar-refractivity contribution in [3.05, 3.63) is 65.5 Å². The van der Waals surface area contributed by atoms with Crippen LogP contribution in [0.5, 0.6) is 0 Å². The molecular weight excluding hydrogens is 234 g/mol. The van der Waals surface area contributed by atoms with Crippen molar-refractivity contribution in [2.45, 2.75) is 32.2 Å². The van der Waals surface area contributed by atoms with Gasteiger partial charge in [0.15, 0.2) is 0 Å². The Labute approximate surface area is 114 Å². The van der Waals surface area contributed by atoms with Crippen molar-refractivity contribution in [2.24, 2.45) is 5.84 Å². The molecule has 3 N–H and O–H groups in total. The van der Waals surface area contributed by atoms with Crippen molar-refractivity contribution >= 4 is 0 Å². The number of rotatable bonds is 5. The van der Waals surface area contributed by atoms with Crippen LogP contribution in [0.25, 0.3) is 0 Å². The summed E-state index contributed by atoms with van der Waals surface area (Å²) in [7, 11) is 0. The number of nitrogens with zero attached hydrogens (tertiary/aromatic N) is 1. The van der Waals surface area contributed by atoms with E-state index < -0.39 is 0 Å². The van der Waals surface area contributed by atoms with E-state index in [9.17, 15) is 0 Å². The second kappa shape index (κ2) is 6.45. The molecule has 0 bridgehead atoms. The molecule has 1 aromatic heterocycles. The van der Waals surface area contributed by atoms with Crippen molar-refractivity contribution in [1.29, 1.82) is 0 Å². The van der Waals surface area contributed by atoms with E-state index in [-0.39, 0.29) is 6.04 Å². The molecule has 0 aliphatic carbocycles. The summed E-state index contributed by atoms with van der Waals surface area (Å²) in [6.07, 6.45) is 2.93. The lowest BCUT2D eigenvalue weighted by atomic mass is 9.86. The molecule has 0 aliphatic rings. The standard InChI is InChI=1S/C16H21N3/c1-3-15(13-7-5-4-6-8-13)16(19-17)14-10-9-12(2)18-11-14/h4-11,15-16,19H,3,17H2,1-2H3. The van der Waals surface area contributed by atoms with Gasteiger partial charge < -0.3 is 0 Å². The monoisotopic (exact) mass is 255 g/mol. The van der Waals surface area contributed by atoms with Gasteiger partial charge in [0.1, 0.15) is 0 Å². The topological polar surface area (TPSA) is 50.9 Å². The van der Waals surface area contributed by atoms with E-state index in [1.807, 2.05) is 25.3 Å². The molecule has 0 radical (unpaired) electrons. The number of aromatic nitrogens is 1. The molecule has 1 heterocycles. The highest BCUT2D eigenvalue weighted by Gasteiger charge is 2.22. The van der Waals surface area contributed by atoms with Gasteiger partial charge in [0.2, 0.25) is 0 Å². The van der Waals surface area contributed by atoms with Crippen LogP contribution in [0, 0.1) is 6.92 Å². The lowest BCUT2D eigenvalue weighted by Gasteiger charge is -2.26. The fourth-order valence-corrected chi connectivity index (χ4v) is 2.47. The molecule has 0 spiro atoms. The Morgan fingerprint density at radius 2 is 1.84 bits per heavy atom. The zero-order chi connectivity index (χ0) is 13.7. The maximum Gasteiger partial charge on any atom is 0.0543 e. The Morgan fingerprint density at radius 3 is 2.37 bits per heavy atom. The molecule has 0 saturated carbocycles. The molecule has 3 heteroatoms. The number of benzene rings is 1. The summed E-state index contributed by atoms with van der Waals surface area (Å²) in [6.45, 7) is 4.17. The summed E-state index contributed by atoms with van der Waals surface area (Å²) >= 11 is 0. The van der Waals surface area contributed by atoms with Gasteiger partial charge in [-0.05, 0) is 30.5 Å². The third kappa shape index (κ3) is 3.19. The molecule has 3 nitrogen and oxygen atoms in total. The van der Waals surface area contributed by atoms with Gasteiger partial charge in [-0.15, -0.1) is 0 Å². The van der Waals surface area contributed by atoms with E-state index in [4.69, 9.17) is 5.84 Å². The van der Waals surface area contributed by atoms with Crippen molar-refractivity contribution in [2.75, 3.05) is 0 Å². The van der Waals surface area contributed by atoms with Gasteiger partial charge in [0.05, 0.1) is 6.04 Å². The number of nitrogens with one attached hydrogen (secondary N) is 1. The predicted molar refractivity (Wildman–Crippen MR) is 78.5 cm³/mol. The van der Waals surface area contributed by atoms with Crippen LogP contribution in [0.15, 0.2) is 48.7 Å². The number of hydrogen-bond acceptors (Lipinski definition) is 3. The van der Waals surface area contributed by atoms with Crippen LogP contribution in [0.2, 0.25) is 0 Å². The summed E-state index contributed by atoms with van der Waals surface area (Å²) in [5.74, 6) is 6.12. The highest BCUT2D eigenvalue weighted by Crippen LogP contribution is 2.32. The number of aryl methyl sites for hydroxylation is 1. The molecule has 0 amide bonds. The first-order valence-electron chi connectivity index (χ1n) is 6.70. The highest BCUT2D eigenvalue weighted by molar-refractivity contribution is 5.27. The van der Waals surface area contributed by atoms with Gasteiger partial charge in [-0.1, -0.05) is 43.3 Å². The molecule has 2 atom stereocenters. The minimum atomic E-state index is 0.0838. The van der Waals surface area contributed by atoms with Crippen molar-refractivity contribution in [3.63, 3.8) is 0 Å². The molecule has 2 unspecified atom stereocenters. The van der Waals surface area contributed by atoms with E-state index in [2.05, 4.69) is 47.7 Å². The first-order chi connectivity index (χ1) is 9.26. The summed E-state index contributed by atoms with van der Waals surface area (Å²) < 4.78 is 0. The molecular formula is C16H21N3. The summed E-state index contributed by atoms with van der Waals surface area (Å²) in [5.41, 5.74) is 6.40. The predicted octanol–water partition coefficient (Wildman–Crippen LogP) is 3.09. The van der Waals surface area contributed by atoms with Gasteiger partial charge in [-0.2, -0.15) is 0 Å². The maximum absolute atomic E-state index is 5.78. The summed E-state index contributed by atoms with van der Waals surface area (Å²) in [6, 6.07) is 14.7. The van der Waals surface area contributed by atoms with Crippen LogP contribution in [0.1, 0.15) is 42.1 Å². The van der Waals surface area contributed by atoms with Crippen LogP contribution < -0.4 is 11.3 Å². The van der Waals surface area contributed by atoms with E-state index in [0.29, 0.717) is 5.92 Å². The zero-order valence-electron chi connectivity index (χ0n) is 11.5. The van der Waals surface area contributed by atoms with E-state index in [1.54, 1.807) is 0 Å². The first kappa shape index (κ1) is 13.7. The van der Waals surface area contributed by atoms with Gasteiger partial charge in [0, 0.05) is 17.8 Å². The Hall–Kier alpha value is -1.71. The zero-order valence-corrected chi connectivity index (χ0v) is 11.5. The molecule has 2 aromatic rings. The number of hydrogen-bond donors (Lipinski definition) is 2. The van der Waals surface area contributed by atoms with Crippen LogP contribution in [-0.2, 0) is 0 Å². The first-order valence-corrected chi connectivity index (χ1v) is 6.70. The van der Waals surface area contributed by atoms with Gasteiger partial charge in [-0.25, -0.2) is 0 Å². The van der Waals surface area contributed by atoms with Crippen molar-refractivity contribution in [3.8, 4) is 0 Å². The van der Waals surface area contributed by atoms with Crippen LogP contribution in [0.4, 0.5) is 0 Å². The largest absolute Gasteiger partial charge is 0.271 e. The Bertz CT molecular complexity index is 493. The smallest absolute Gasteiger partial charge is 0.0543 e. The molecule has 19 heavy (non-hydrogen) atoms. The Morgan fingerprint density at radius 1 is 1.11 bits per heavy atom. The Balaban J connectivity index is 2.31. The van der Waals surface area contributed by atoms with Crippen LogP contribution in [-0.4, -0.2) is 4.98 Å². The summed E-state index contributed by atoms with van der Waals surface area (Å²) in [4.78, 5) is 4.36. The molecule has 1 aromatic carbocycles. The quantitative estimate of drug-likeness (QED) is 0.637. The number of nitrogens with two attached hydrogens (primary N) is 1. The van der Waals surface area contributed by atoms with Crippen molar-refractivity contribution in [1.82, 2.24) is 10.4 Å². The van der Waals surface area contributed by atoms with E-state index >= 15 is 0 Å². The molecule has 0 aliphatic heterocycles. The minimum Gasteiger partial charge on any atom is -0.271 e. The van der Waals surface area contributed by atoms with Gasteiger partial charge in [0.25, 0.3) is 0 Å². The van der Waals surface area contributed by atoms with E-state index in [0.717, 1.165) is 17.7 Å². The SMILES string of the molecule is CCC(c1ccccc1)C(NN)c1ccc(C)nc1. The summed E-state index contributed by atoms with van der Waals surface area (Å²) in [5, 5.41) is 0. The molecule has 0 fully saturated rings. The van der Waals surface area contributed by atoms with E-state index in [1.165, 1.54) is 5.56 Å². The normalized spacial score (nSPS) is 14.1. The Kier molecular flexibility index (Phi) is 4.66. The fraction of sp³-hybridized carbons (Fsp3) is 0.312. The number of pyridine rings is 1. The second-order valence-corrected chi connectivity index (χ2v) is 4.80. The lowest BCUT2D eigenvalue weighted by molar-refractivity contribution is 0.444. The molecule has 100 valence electrons. The maximum atomic E-state index is 5.78. The molecule has 2 rings (SSSR count). The average Bonchev–Trinajstić information content (AvgIpc) is 2.47. The third-order valence-electron chi connectivity index (χ3n) is 3.54. The van der Waals surface area contributed by atoms with Gasteiger partial charge >= 0.3 is 0 Å².